The molecule has 0 aliphatic carbocycles. The van der Waals surface area contributed by atoms with Crippen LogP contribution in [-0.4, -0.2) is 36.9 Å². The zero-order valence-corrected chi connectivity index (χ0v) is 25.8. The average molecular weight is 587 g/mol. The van der Waals surface area contributed by atoms with Crippen molar-refractivity contribution in [1.29, 1.82) is 0 Å². The SMILES string of the molecule is C=C(C)C(=O)OCC(CCCC/C(CC)=C(F)/C(F)=C(C)/C=C/c1ccc(CCCCC)cc1)COC(=O)C(=C)CO. The van der Waals surface area contributed by atoms with Crippen LogP contribution in [0.25, 0.3) is 6.08 Å². The summed E-state index contributed by atoms with van der Waals surface area (Å²) in [6, 6.07) is 8.13. The highest BCUT2D eigenvalue weighted by atomic mass is 19.2. The number of unbranched alkanes of at least 4 members (excludes halogenated alkanes) is 3. The van der Waals surface area contributed by atoms with E-state index in [1.165, 1.54) is 25.3 Å². The number of benzene rings is 1. The fourth-order valence-corrected chi connectivity index (χ4v) is 4.10. The lowest BCUT2D eigenvalue weighted by molar-refractivity contribution is -0.144. The Balaban J connectivity index is 2.78. The van der Waals surface area contributed by atoms with Crippen LogP contribution in [0.2, 0.25) is 0 Å². The lowest BCUT2D eigenvalue weighted by Gasteiger charge is -2.18. The van der Waals surface area contributed by atoms with Gasteiger partial charge in [0.1, 0.15) is 0 Å². The molecular formula is C35H48F2O5. The van der Waals surface area contributed by atoms with Gasteiger partial charge in [-0.1, -0.05) is 82.7 Å². The molecule has 0 aliphatic rings. The lowest BCUT2D eigenvalue weighted by atomic mass is 9.98. The number of hydrogen-bond donors (Lipinski definition) is 1. The molecule has 5 nitrogen and oxygen atoms in total. The molecule has 0 spiro atoms. The Labute approximate surface area is 250 Å². The molecule has 0 amide bonds. The first kappa shape index (κ1) is 36.7. The second-order valence-electron chi connectivity index (χ2n) is 10.7. The predicted molar refractivity (Wildman–Crippen MR) is 166 cm³/mol. The average Bonchev–Trinajstić information content (AvgIpc) is 2.99. The smallest absolute Gasteiger partial charge is 0.335 e. The standard InChI is InChI=1S/C35H48F2O5/c1-7-9-10-13-28-18-20-29(21-19-28)17-16-26(5)32(36)33(37)31(8-2)15-12-11-14-30(23-41-34(39)25(3)4)24-42-35(40)27(6)22-38/h16-21,30,38H,3,6-15,22-24H2,1-2,4-5H3/b17-16+,32-26-,33-31-. The molecule has 7 heteroatoms. The number of rotatable bonds is 20. The van der Waals surface area contributed by atoms with Crippen LogP contribution in [0, 0.1) is 5.92 Å². The summed E-state index contributed by atoms with van der Waals surface area (Å²) in [7, 11) is 0. The van der Waals surface area contributed by atoms with E-state index in [1.807, 2.05) is 12.1 Å². The Kier molecular flexibility index (Phi) is 18.0. The number of aliphatic hydroxyl groups is 1. The van der Waals surface area contributed by atoms with Gasteiger partial charge in [0.25, 0.3) is 0 Å². The first-order chi connectivity index (χ1) is 20.0. The van der Waals surface area contributed by atoms with Gasteiger partial charge in [-0.05, 0) is 74.6 Å². The van der Waals surface area contributed by atoms with Crippen molar-refractivity contribution in [2.75, 3.05) is 19.8 Å². The first-order valence-corrected chi connectivity index (χ1v) is 14.8. The summed E-state index contributed by atoms with van der Waals surface area (Å²) in [6.45, 7) is 13.5. The Morgan fingerprint density at radius 1 is 0.929 bits per heavy atom. The van der Waals surface area contributed by atoms with Gasteiger partial charge in [-0.25, -0.2) is 18.4 Å². The molecule has 0 fully saturated rings. The largest absolute Gasteiger partial charge is 0.462 e. The summed E-state index contributed by atoms with van der Waals surface area (Å²) in [5.41, 5.74) is 2.99. The van der Waals surface area contributed by atoms with Gasteiger partial charge in [0.05, 0.1) is 25.4 Å². The van der Waals surface area contributed by atoms with Crippen molar-refractivity contribution in [3.63, 3.8) is 0 Å². The molecule has 0 aromatic heterocycles. The Morgan fingerprint density at radius 2 is 1.57 bits per heavy atom. The minimum atomic E-state index is -0.861. The third-order valence-electron chi connectivity index (χ3n) is 6.92. The molecule has 42 heavy (non-hydrogen) atoms. The number of aryl methyl sites for hydroxylation is 1. The van der Waals surface area contributed by atoms with E-state index in [0.717, 1.165) is 18.4 Å². The van der Waals surface area contributed by atoms with Gasteiger partial charge in [-0.15, -0.1) is 0 Å². The zero-order valence-electron chi connectivity index (χ0n) is 25.8. The van der Waals surface area contributed by atoms with E-state index in [0.29, 0.717) is 37.7 Å². The highest BCUT2D eigenvalue weighted by Gasteiger charge is 2.17. The van der Waals surface area contributed by atoms with Crippen LogP contribution in [0.5, 0.6) is 0 Å². The van der Waals surface area contributed by atoms with Gasteiger partial charge in [-0.3, -0.25) is 0 Å². The third kappa shape index (κ3) is 14.0. The molecule has 1 rings (SSSR count). The van der Waals surface area contributed by atoms with Crippen molar-refractivity contribution in [2.24, 2.45) is 5.92 Å². The summed E-state index contributed by atoms with van der Waals surface area (Å²) in [4.78, 5) is 23.7. The van der Waals surface area contributed by atoms with E-state index in [1.54, 1.807) is 26.0 Å². The molecule has 1 atom stereocenters. The molecular weight excluding hydrogens is 538 g/mol. The fraction of sp³-hybridized carbons (Fsp3) is 0.486. The number of carbonyl (C=O) groups is 2. The maximum absolute atomic E-state index is 15.1. The summed E-state index contributed by atoms with van der Waals surface area (Å²) >= 11 is 0. The number of aliphatic hydroxyl groups excluding tert-OH is 1. The molecule has 1 unspecified atom stereocenters. The van der Waals surface area contributed by atoms with Crippen molar-refractivity contribution in [2.45, 2.75) is 85.5 Å². The van der Waals surface area contributed by atoms with Crippen LogP contribution < -0.4 is 0 Å². The zero-order chi connectivity index (χ0) is 31.5. The Bertz CT molecular complexity index is 1130. The summed E-state index contributed by atoms with van der Waals surface area (Å²) < 4.78 is 40.5. The van der Waals surface area contributed by atoms with E-state index in [4.69, 9.17) is 14.6 Å². The van der Waals surface area contributed by atoms with Gasteiger partial charge in [0, 0.05) is 11.5 Å². The van der Waals surface area contributed by atoms with Crippen molar-refractivity contribution in [3.05, 3.63) is 88.6 Å². The molecule has 0 heterocycles. The van der Waals surface area contributed by atoms with Gasteiger partial charge in [-0.2, -0.15) is 0 Å². The molecule has 1 aromatic carbocycles. The summed E-state index contributed by atoms with van der Waals surface area (Å²) in [6.07, 6.45) is 10.4. The third-order valence-corrected chi connectivity index (χ3v) is 6.92. The van der Waals surface area contributed by atoms with Crippen LogP contribution in [0.4, 0.5) is 8.78 Å². The van der Waals surface area contributed by atoms with Crippen molar-refractivity contribution < 1.29 is 33.0 Å². The van der Waals surface area contributed by atoms with Gasteiger partial charge >= 0.3 is 11.9 Å². The van der Waals surface area contributed by atoms with E-state index < -0.39 is 30.2 Å². The van der Waals surface area contributed by atoms with Crippen LogP contribution >= 0.6 is 0 Å². The quantitative estimate of drug-likeness (QED) is 0.0716. The fourth-order valence-electron chi connectivity index (χ4n) is 4.10. The van der Waals surface area contributed by atoms with Crippen LogP contribution in [0.3, 0.4) is 0 Å². The molecule has 0 radical (unpaired) electrons. The first-order valence-electron chi connectivity index (χ1n) is 14.8. The lowest BCUT2D eigenvalue weighted by Crippen LogP contribution is -2.22. The monoisotopic (exact) mass is 586 g/mol. The van der Waals surface area contributed by atoms with E-state index in [-0.39, 0.29) is 35.9 Å². The van der Waals surface area contributed by atoms with E-state index in [9.17, 15) is 14.0 Å². The maximum Gasteiger partial charge on any atom is 0.335 e. The molecule has 1 N–H and O–H groups in total. The van der Waals surface area contributed by atoms with Crippen LogP contribution in [0.15, 0.2) is 77.4 Å². The van der Waals surface area contributed by atoms with Gasteiger partial charge < -0.3 is 14.6 Å². The molecule has 0 aliphatic heterocycles. The molecule has 1 aromatic rings. The van der Waals surface area contributed by atoms with Crippen LogP contribution in [0.1, 0.15) is 90.2 Å². The number of carbonyl (C=O) groups excluding carboxylic acids is 2. The number of hydrogen-bond acceptors (Lipinski definition) is 5. The summed E-state index contributed by atoms with van der Waals surface area (Å²) in [5.74, 6) is -3.26. The maximum atomic E-state index is 15.1. The minimum Gasteiger partial charge on any atom is -0.462 e. The van der Waals surface area contributed by atoms with E-state index >= 15 is 4.39 Å². The summed E-state index contributed by atoms with van der Waals surface area (Å²) in [5, 5.41) is 9.05. The minimum absolute atomic E-state index is 0.0138. The Hall–Kier alpha value is -3.32. The highest BCUT2D eigenvalue weighted by Crippen LogP contribution is 2.28. The molecule has 0 saturated heterocycles. The number of esters is 2. The number of allylic oxidation sites excluding steroid dienone is 5. The van der Waals surface area contributed by atoms with E-state index in [2.05, 4.69) is 32.2 Å². The van der Waals surface area contributed by atoms with Crippen molar-refractivity contribution in [3.8, 4) is 0 Å². The van der Waals surface area contributed by atoms with Crippen LogP contribution in [-0.2, 0) is 25.5 Å². The second-order valence-corrected chi connectivity index (χ2v) is 10.7. The molecule has 0 bridgehead atoms. The number of ether oxygens (including phenoxy) is 2. The molecule has 232 valence electrons. The predicted octanol–water partition coefficient (Wildman–Crippen LogP) is 8.70. The second kappa shape index (κ2) is 20.5. The van der Waals surface area contributed by atoms with Crippen molar-refractivity contribution in [1.82, 2.24) is 0 Å². The normalized spacial score (nSPS) is 13.3. The molecule has 0 saturated carbocycles. The van der Waals surface area contributed by atoms with Gasteiger partial charge in [0.15, 0.2) is 11.7 Å². The highest BCUT2D eigenvalue weighted by molar-refractivity contribution is 5.88. The van der Waals surface area contributed by atoms with Crippen molar-refractivity contribution >= 4 is 18.0 Å². The van der Waals surface area contributed by atoms with Gasteiger partial charge in [0.2, 0.25) is 0 Å². The topological polar surface area (TPSA) is 72.8 Å². The Morgan fingerprint density at radius 3 is 2.14 bits per heavy atom. The number of halogens is 2.